The lowest BCUT2D eigenvalue weighted by Crippen LogP contribution is -2.34. The van der Waals surface area contributed by atoms with Crippen molar-refractivity contribution >= 4 is 5.97 Å². The summed E-state index contributed by atoms with van der Waals surface area (Å²) in [4.78, 5) is 18.3. The molecular formula is C11H17N3O2. The van der Waals surface area contributed by atoms with E-state index in [9.17, 15) is 4.79 Å². The molecule has 5 nitrogen and oxygen atoms in total. The minimum absolute atomic E-state index is 0.324. The molecular weight excluding hydrogens is 206 g/mol. The Labute approximate surface area is 94.4 Å². The molecule has 2 rings (SSSR count). The van der Waals surface area contributed by atoms with Crippen molar-refractivity contribution in [2.24, 2.45) is 11.7 Å². The second kappa shape index (κ2) is 5.12. The molecule has 3 N–H and O–H groups in total. The first kappa shape index (κ1) is 11.1. The minimum atomic E-state index is -0.598. The van der Waals surface area contributed by atoms with Crippen LogP contribution in [0.1, 0.15) is 25.0 Å². The number of imidazole rings is 1. The standard InChI is InChI=1S/C11H17N3O2/c12-10(5-9-6-13-7-14-9)11(15)16-4-3-8-1-2-8/h6-8,10H,1-5,12H2,(H,13,14). The third-order valence-electron chi connectivity index (χ3n) is 2.76. The van der Waals surface area contributed by atoms with Crippen LogP contribution in [0.3, 0.4) is 0 Å². The monoisotopic (exact) mass is 223 g/mol. The topological polar surface area (TPSA) is 81.0 Å². The molecule has 0 radical (unpaired) electrons. The Morgan fingerprint density at radius 1 is 1.69 bits per heavy atom. The van der Waals surface area contributed by atoms with Crippen molar-refractivity contribution < 1.29 is 9.53 Å². The van der Waals surface area contributed by atoms with Crippen LogP contribution in [-0.2, 0) is 16.0 Å². The SMILES string of the molecule is NC(Cc1cnc[nH]1)C(=O)OCCC1CC1. The Balaban J connectivity index is 1.66. The van der Waals surface area contributed by atoms with Gasteiger partial charge in [0.05, 0.1) is 12.9 Å². The van der Waals surface area contributed by atoms with Crippen molar-refractivity contribution in [3.8, 4) is 0 Å². The van der Waals surface area contributed by atoms with Crippen LogP contribution in [0.15, 0.2) is 12.5 Å². The van der Waals surface area contributed by atoms with Gasteiger partial charge in [0.25, 0.3) is 0 Å². The van der Waals surface area contributed by atoms with E-state index >= 15 is 0 Å². The Morgan fingerprint density at radius 2 is 2.50 bits per heavy atom. The number of aromatic nitrogens is 2. The predicted octanol–water partition coefficient (Wildman–Crippen LogP) is 0.623. The number of nitrogens with one attached hydrogen (secondary N) is 1. The summed E-state index contributed by atoms with van der Waals surface area (Å²) < 4.78 is 5.11. The van der Waals surface area contributed by atoms with Crippen molar-refractivity contribution in [2.75, 3.05) is 6.61 Å². The van der Waals surface area contributed by atoms with Crippen molar-refractivity contribution in [1.82, 2.24) is 9.97 Å². The van der Waals surface area contributed by atoms with Gasteiger partial charge in [-0.3, -0.25) is 4.79 Å². The van der Waals surface area contributed by atoms with Crippen molar-refractivity contribution in [2.45, 2.75) is 31.7 Å². The molecule has 1 aliphatic rings. The van der Waals surface area contributed by atoms with Gasteiger partial charge in [0.15, 0.2) is 0 Å². The fourth-order valence-electron chi connectivity index (χ4n) is 1.56. The first-order valence-corrected chi connectivity index (χ1v) is 5.65. The number of rotatable bonds is 6. The van der Waals surface area contributed by atoms with Crippen molar-refractivity contribution in [3.63, 3.8) is 0 Å². The van der Waals surface area contributed by atoms with Crippen LogP contribution >= 0.6 is 0 Å². The first-order chi connectivity index (χ1) is 7.75. The van der Waals surface area contributed by atoms with Gasteiger partial charge in [0.2, 0.25) is 0 Å². The molecule has 0 spiro atoms. The van der Waals surface area contributed by atoms with Crippen LogP contribution < -0.4 is 5.73 Å². The Bertz CT molecular complexity index is 333. The molecule has 1 aliphatic carbocycles. The maximum atomic E-state index is 11.5. The number of esters is 1. The molecule has 0 amide bonds. The summed E-state index contributed by atoms with van der Waals surface area (Å²) in [6, 6.07) is -0.598. The largest absolute Gasteiger partial charge is 0.465 e. The number of aromatic amines is 1. The van der Waals surface area contributed by atoms with E-state index in [0.29, 0.717) is 13.0 Å². The smallest absolute Gasteiger partial charge is 0.323 e. The third kappa shape index (κ3) is 3.34. The molecule has 1 fully saturated rings. The molecule has 88 valence electrons. The number of nitrogens with zero attached hydrogens (tertiary/aromatic N) is 1. The van der Waals surface area contributed by atoms with E-state index in [2.05, 4.69) is 9.97 Å². The van der Waals surface area contributed by atoms with Crippen LogP contribution in [-0.4, -0.2) is 28.6 Å². The maximum absolute atomic E-state index is 11.5. The minimum Gasteiger partial charge on any atom is -0.465 e. The molecule has 16 heavy (non-hydrogen) atoms. The Morgan fingerprint density at radius 3 is 3.12 bits per heavy atom. The predicted molar refractivity (Wildman–Crippen MR) is 58.6 cm³/mol. The number of carbonyl (C=O) groups excluding carboxylic acids is 1. The zero-order chi connectivity index (χ0) is 11.4. The van der Waals surface area contributed by atoms with E-state index in [1.54, 1.807) is 12.5 Å². The lowest BCUT2D eigenvalue weighted by molar-refractivity contribution is -0.145. The van der Waals surface area contributed by atoms with Crippen molar-refractivity contribution in [1.29, 1.82) is 0 Å². The Kier molecular flexibility index (Phi) is 3.56. The summed E-state index contributed by atoms with van der Waals surface area (Å²) >= 11 is 0. The van der Waals surface area contributed by atoms with Crippen LogP contribution in [0.2, 0.25) is 0 Å². The van der Waals surface area contributed by atoms with Gasteiger partial charge in [-0.15, -0.1) is 0 Å². The average Bonchev–Trinajstić information content (AvgIpc) is 2.95. The average molecular weight is 223 g/mol. The van der Waals surface area contributed by atoms with Gasteiger partial charge in [-0.25, -0.2) is 4.98 Å². The number of ether oxygens (including phenoxy) is 1. The summed E-state index contributed by atoms with van der Waals surface area (Å²) in [7, 11) is 0. The first-order valence-electron chi connectivity index (χ1n) is 5.65. The van der Waals surface area contributed by atoms with Gasteiger partial charge in [0, 0.05) is 18.3 Å². The molecule has 1 aromatic heterocycles. The number of hydrogen-bond donors (Lipinski definition) is 2. The Hall–Kier alpha value is -1.36. The molecule has 1 saturated carbocycles. The van der Waals surface area contributed by atoms with Gasteiger partial charge < -0.3 is 15.5 Å². The highest BCUT2D eigenvalue weighted by Gasteiger charge is 2.22. The molecule has 0 aromatic carbocycles. The fourth-order valence-corrected chi connectivity index (χ4v) is 1.56. The van der Waals surface area contributed by atoms with E-state index in [4.69, 9.17) is 10.5 Å². The lowest BCUT2D eigenvalue weighted by atomic mass is 10.2. The summed E-state index contributed by atoms with van der Waals surface area (Å²) in [5.41, 5.74) is 6.57. The zero-order valence-corrected chi connectivity index (χ0v) is 9.19. The molecule has 1 unspecified atom stereocenters. The van der Waals surface area contributed by atoms with Gasteiger partial charge >= 0.3 is 5.97 Å². The van der Waals surface area contributed by atoms with Gasteiger partial charge in [0.1, 0.15) is 6.04 Å². The van der Waals surface area contributed by atoms with Gasteiger partial charge in [-0.1, -0.05) is 12.8 Å². The molecule has 1 aromatic rings. The highest BCUT2D eigenvalue weighted by molar-refractivity contribution is 5.75. The van der Waals surface area contributed by atoms with E-state index < -0.39 is 6.04 Å². The second-order valence-electron chi connectivity index (χ2n) is 4.29. The highest BCUT2D eigenvalue weighted by atomic mass is 16.5. The van der Waals surface area contributed by atoms with E-state index in [1.807, 2.05) is 0 Å². The summed E-state index contributed by atoms with van der Waals surface area (Å²) in [6.45, 7) is 0.500. The molecule has 1 atom stereocenters. The lowest BCUT2D eigenvalue weighted by Gasteiger charge is -2.10. The molecule has 1 heterocycles. The third-order valence-corrected chi connectivity index (χ3v) is 2.76. The van der Waals surface area contributed by atoms with E-state index in [-0.39, 0.29) is 5.97 Å². The number of hydrogen-bond acceptors (Lipinski definition) is 4. The maximum Gasteiger partial charge on any atom is 0.323 e. The fraction of sp³-hybridized carbons (Fsp3) is 0.636. The van der Waals surface area contributed by atoms with Crippen LogP contribution in [0.25, 0.3) is 0 Å². The summed E-state index contributed by atoms with van der Waals surface area (Å²) in [6.07, 6.45) is 7.21. The number of H-pyrrole nitrogens is 1. The van der Waals surface area contributed by atoms with Crippen LogP contribution in [0, 0.1) is 5.92 Å². The van der Waals surface area contributed by atoms with Crippen LogP contribution in [0.4, 0.5) is 0 Å². The van der Waals surface area contributed by atoms with Gasteiger partial charge in [-0.05, 0) is 12.3 Å². The highest BCUT2D eigenvalue weighted by Crippen LogP contribution is 2.32. The molecule has 0 saturated heterocycles. The summed E-state index contributed by atoms with van der Waals surface area (Å²) in [5, 5.41) is 0. The molecule has 0 aliphatic heterocycles. The van der Waals surface area contributed by atoms with E-state index in [1.165, 1.54) is 12.8 Å². The van der Waals surface area contributed by atoms with Crippen LogP contribution in [0.5, 0.6) is 0 Å². The molecule has 0 bridgehead atoms. The second-order valence-corrected chi connectivity index (χ2v) is 4.29. The zero-order valence-electron chi connectivity index (χ0n) is 9.19. The van der Waals surface area contributed by atoms with Crippen molar-refractivity contribution in [3.05, 3.63) is 18.2 Å². The number of nitrogens with two attached hydrogens (primary N) is 1. The normalized spacial score (nSPS) is 17.1. The van der Waals surface area contributed by atoms with E-state index in [0.717, 1.165) is 18.0 Å². The molecule has 5 heteroatoms. The quantitative estimate of drug-likeness (QED) is 0.693. The summed E-state index contributed by atoms with van der Waals surface area (Å²) in [5.74, 6) is 0.451. The van der Waals surface area contributed by atoms with Gasteiger partial charge in [-0.2, -0.15) is 0 Å². The number of carbonyl (C=O) groups is 1.